The van der Waals surface area contributed by atoms with Gasteiger partial charge in [-0.3, -0.25) is 10.1 Å². The second-order valence-corrected chi connectivity index (χ2v) is 5.12. The van der Waals surface area contributed by atoms with Gasteiger partial charge in [0.05, 0.1) is 4.92 Å². The van der Waals surface area contributed by atoms with Gasteiger partial charge < -0.3 is 4.98 Å². The van der Waals surface area contributed by atoms with Crippen molar-refractivity contribution in [3.8, 4) is 0 Å². The molecule has 2 aromatic heterocycles. The van der Waals surface area contributed by atoms with Crippen LogP contribution in [0.25, 0.3) is 10.9 Å². The molecule has 0 saturated carbocycles. The van der Waals surface area contributed by atoms with Crippen LogP contribution in [0.2, 0.25) is 5.28 Å². The van der Waals surface area contributed by atoms with Crippen LogP contribution in [0, 0.1) is 17.0 Å². The fraction of sp³-hybridized carbons (Fsp3) is 0.143. The lowest BCUT2D eigenvalue weighted by molar-refractivity contribution is -0.386. The summed E-state index contributed by atoms with van der Waals surface area (Å²) in [6.45, 7) is 1.98. The molecule has 2 heterocycles. The fourth-order valence-electron chi connectivity index (χ4n) is 2.30. The molecule has 0 aliphatic heterocycles. The number of aromatic amines is 1. The summed E-state index contributed by atoms with van der Waals surface area (Å²) in [7, 11) is 0. The molecule has 0 bridgehead atoms. The van der Waals surface area contributed by atoms with E-state index in [4.69, 9.17) is 11.6 Å². The van der Waals surface area contributed by atoms with Gasteiger partial charge in [-0.15, -0.1) is 0 Å². The highest BCUT2D eigenvalue weighted by molar-refractivity contribution is 6.28. The zero-order chi connectivity index (χ0) is 15.0. The van der Waals surface area contributed by atoms with Crippen molar-refractivity contribution < 1.29 is 4.92 Å². The van der Waals surface area contributed by atoms with E-state index in [0.717, 1.165) is 28.4 Å². The van der Waals surface area contributed by atoms with Gasteiger partial charge in [-0.05, 0) is 47.7 Å². The van der Waals surface area contributed by atoms with Gasteiger partial charge in [0.2, 0.25) is 5.28 Å². The van der Waals surface area contributed by atoms with Crippen molar-refractivity contribution in [2.45, 2.75) is 13.3 Å². The molecule has 0 fully saturated rings. The van der Waals surface area contributed by atoms with Crippen LogP contribution >= 0.6 is 11.6 Å². The molecule has 3 rings (SSSR count). The molecule has 106 valence electrons. The Hall–Kier alpha value is -2.47. The minimum Gasteiger partial charge on any atom is -0.359 e. The monoisotopic (exact) mass is 302 g/mol. The standard InChI is InChI=1S/C14H11ClN4O2/c1-8-4-10-5-9(2-3-11(10)17-8)6-12-13(19(20)21)7-16-14(15)18-12/h2-5,7,17H,6H2,1H3. The topological polar surface area (TPSA) is 84.7 Å². The second-order valence-electron chi connectivity index (χ2n) is 4.78. The average Bonchev–Trinajstić information content (AvgIpc) is 2.77. The van der Waals surface area contributed by atoms with E-state index in [9.17, 15) is 10.1 Å². The summed E-state index contributed by atoms with van der Waals surface area (Å²) >= 11 is 5.74. The Kier molecular flexibility index (Phi) is 3.31. The molecule has 0 saturated heterocycles. The first-order valence-corrected chi connectivity index (χ1v) is 6.65. The molecular formula is C14H11ClN4O2. The van der Waals surface area contributed by atoms with Crippen LogP contribution in [0.5, 0.6) is 0 Å². The number of hydrogen-bond acceptors (Lipinski definition) is 4. The smallest absolute Gasteiger partial charge is 0.309 e. The van der Waals surface area contributed by atoms with Gasteiger partial charge in [0.25, 0.3) is 0 Å². The predicted molar refractivity (Wildman–Crippen MR) is 79.5 cm³/mol. The number of rotatable bonds is 3. The van der Waals surface area contributed by atoms with Gasteiger partial charge >= 0.3 is 5.69 Å². The predicted octanol–water partition coefficient (Wildman–Crippen LogP) is 3.42. The highest BCUT2D eigenvalue weighted by Gasteiger charge is 2.17. The van der Waals surface area contributed by atoms with Gasteiger partial charge in [-0.1, -0.05) is 6.07 Å². The van der Waals surface area contributed by atoms with Crippen molar-refractivity contribution >= 4 is 28.2 Å². The van der Waals surface area contributed by atoms with Crippen LogP contribution in [0.1, 0.15) is 17.0 Å². The average molecular weight is 303 g/mol. The van der Waals surface area contributed by atoms with Gasteiger partial charge in [0.1, 0.15) is 11.9 Å². The maximum absolute atomic E-state index is 11.0. The van der Waals surface area contributed by atoms with E-state index < -0.39 is 4.92 Å². The number of nitrogens with one attached hydrogen (secondary N) is 1. The summed E-state index contributed by atoms with van der Waals surface area (Å²) in [6, 6.07) is 7.88. The Morgan fingerprint density at radius 3 is 2.95 bits per heavy atom. The Morgan fingerprint density at radius 1 is 1.38 bits per heavy atom. The van der Waals surface area contributed by atoms with E-state index in [1.54, 1.807) is 0 Å². The lowest BCUT2D eigenvalue weighted by atomic mass is 10.1. The zero-order valence-corrected chi connectivity index (χ0v) is 11.9. The summed E-state index contributed by atoms with van der Waals surface area (Å²) in [5.41, 5.74) is 3.22. The minimum absolute atomic E-state index is 0.00849. The molecule has 0 unspecified atom stereocenters. The molecule has 1 aromatic carbocycles. The van der Waals surface area contributed by atoms with Crippen LogP contribution in [-0.4, -0.2) is 19.9 Å². The minimum atomic E-state index is -0.495. The number of aromatic nitrogens is 3. The van der Waals surface area contributed by atoms with Crippen molar-refractivity contribution in [2.75, 3.05) is 0 Å². The lowest BCUT2D eigenvalue weighted by Crippen LogP contribution is -2.01. The molecule has 6 nitrogen and oxygen atoms in total. The Bertz CT molecular complexity index is 844. The number of H-pyrrole nitrogens is 1. The third kappa shape index (κ3) is 2.71. The van der Waals surface area contributed by atoms with E-state index >= 15 is 0 Å². The van der Waals surface area contributed by atoms with E-state index in [-0.39, 0.29) is 11.0 Å². The van der Waals surface area contributed by atoms with Crippen molar-refractivity contribution in [1.82, 2.24) is 15.0 Å². The molecule has 21 heavy (non-hydrogen) atoms. The summed E-state index contributed by atoms with van der Waals surface area (Å²) in [5, 5.41) is 12.1. The quantitative estimate of drug-likeness (QED) is 0.456. The number of aryl methyl sites for hydroxylation is 1. The van der Waals surface area contributed by atoms with Crippen LogP contribution in [0.3, 0.4) is 0 Å². The summed E-state index contributed by atoms with van der Waals surface area (Å²) < 4.78 is 0. The Balaban J connectivity index is 2.01. The summed E-state index contributed by atoms with van der Waals surface area (Å²) in [4.78, 5) is 21.4. The molecule has 0 atom stereocenters. The van der Waals surface area contributed by atoms with E-state index in [1.807, 2.05) is 31.2 Å². The van der Waals surface area contributed by atoms with Gasteiger partial charge in [-0.2, -0.15) is 0 Å². The first-order valence-electron chi connectivity index (χ1n) is 6.27. The number of nitro groups is 1. The number of hydrogen-bond donors (Lipinski definition) is 1. The molecule has 7 heteroatoms. The molecule has 0 aliphatic carbocycles. The number of halogens is 1. The van der Waals surface area contributed by atoms with Gasteiger partial charge in [0.15, 0.2) is 0 Å². The highest BCUT2D eigenvalue weighted by atomic mass is 35.5. The largest absolute Gasteiger partial charge is 0.359 e. The van der Waals surface area contributed by atoms with E-state index in [2.05, 4.69) is 15.0 Å². The third-order valence-corrected chi connectivity index (χ3v) is 3.39. The Labute approximate surface area is 125 Å². The number of fused-ring (bicyclic) bond motifs is 1. The zero-order valence-electron chi connectivity index (χ0n) is 11.1. The summed E-state index contributed by atoms with van der Waals surface area (Å²) in [6.07, 6.45) is 1.47. The highest BCUT2D eigenvalue weighted by Crippen LogP contribution is 2.23. The number of nitrogens with zero attached hydrogens (tertiary/aromatic N) is 3. The molecule has 1 N–H and O–H groups in total. The molecule has 0 radical (unpaired) electrons. The summed E-state index contributed by atoms with van der Waals surface area (Å²) in [5.74, 6) is 0. The molecule has 0 amide bonds. The molecule has 0 spiro atoms. The molecular weight excluding hydrogens is 292 g/mol. The van der Waals surface area contributed by atoms with Crippen LogP contribution in [0.15, 0.2) is 30.5 Å². The van der Waals surface area contributed by atoms with Crippen LogP contribution < -0.4 is 0 Å². The fourth-order valence-corrected chi connectivity index (χ4v) is 2.45. The van der Waals surface area contributed by atoms with Crippen LogP contribution in [0.4, 0.5) is 5.69 Å². The lowest BCUT2D eigenvalue weighted by Gasteiger charge is -2.03. The SMILES string of the molecule is Cc1cc2cc(Cc3nc(Cl)ncc3[N+](=O)[O-])ccc2[nH]1. The van der Waals surface area contributed by atoms with Crippen molar-refractivity contribution in [2.24, 2.45) is 0 Å². The third-order valence-electron chi connectivity index (χ3n) is 3.20. The van der Waals surface area contributed by atoms with E-state index in [0.29, 0.717) is 12.1 Å². The molecule has 3 aromatic rings. The van der Waals surface area contributed by atoms with Crippen LogP contribution in [-0.2, 0) is 6.42 Å². The van der Waals surface area contributed by atoms with Gasteiger partial charge in [0, 0.05) is 17.6 Å². The van der Waals surface area contributed by atoms with Gasteiger partial charge in [-0.25, -0.2) is 9.97 Å². The second kappa shape index (κ2) is 5.14. The molecule has 0 aliphatic rings. The normalized spacial score (nSPS) is 11.0. The van der Waals surface area contributed by atoms with Crippen molar-refractivity contribution in [1.29, 1.82) is 0 Å². The first-order chi connectivity index (χ1) is 10.0. The van der Waals surface area contributed by atoms with Crippen molar-refractivity contribution in [3.05, 3.63) is 62.8 Å². The maximum Gasteiger partial charge on any atom is 0.309 e. The Morgan fingerprint density at radius 2 is 2.19 bits per heavy atom. The maximum atomic E-state index is 11.0. The first kappa shape index (κ1) is 13.5. The van der Waals surface area contributed by atoms with Crippen molar-refractivity contribution in [3.63, 3.8) is 0 Å². The van der Waals surface area contributed by atoms with E-state index in [1.165, 1.54) is 0 Å². The number of benzene rings is 1.